The SMILES string of the molecule is CC(C)(C)c1cnc(NC(=O)NC2CC(O)C2(C)C)s1. The number of carbonyl (C=O) groups is 1. The van der Waals surface area contributed by atoms with Gasteiger partial charge in [-0.2, -0.15) is 0 Å². The quantitative estimate of drug-likeness (QED) is 0.785. The number of carbonyl (C=O) groups excluding carboxylic acids is 1. The maximum atomic E-state index is 11.9. The van der Waals surface area contributed by atoms with Gasteiger partial charge < -0.3 is 10.4 Å². The maximum absolute atomic E-state index is 11.9. The Morgan fingerprint density at radius 3 is 2.60 bits per heavy atom. The fraction of sp³-hybridized carbons (Fsp3) is 0.714. The molecular formula is C14H23N3O2S. The van der Waals surface area contributed by atoms with Gasteiger partial charge in [0.1, 0.15) is 0 Å². The van der Waals surface area contributed by atoms with Gasteiger partial charge in [0.15, 0.2) is 5.13 Å². The van der Waals surface area contributed by atoms with E-state index >= 15 is 0 Å². The summed E-state index contributed by atoms with van der Waals surface area (Å²) in [4.78, 5) is 17.3. The number of thiazole rings is 1. The summed E-state index contributed by atoms with van der Waals surface area (Å²) in [5.74, 6) is 0. The summed E-state index contributed by atoms with van der Waals surface area (Å²) in [5, 5.41) is 15.9. The molecule has 3 N–H and O–H groups in total. The Hall–Kier alpha value is -1.14. The normalized spacial score (nSPS) is 24.9. The van der Waals surface area contributed by atoms with Crippen molar-refractivity contribution in [1.29, 1.82) is 0 Å². The number of rotatable bonds is 2. The average Bonchev–Trinajstić information content (AvgIpc) is 2.77. The lowest BCUT2D eigenvalue weighted by atomic mass is 9.65. The Balaban J connectivity index is 1.91. The fourth-order valence-corrected chi connectivity index (χ4v) is 2.99. The van der Waals surface area contributed by atoms with Crippen molar-refractivity contribution in [2.45, 2.75) is 58.6 Å². The molecule has 0 aromatic carbocycles. The zero-order chi connectivity index (χ0) is 15.1. The van der Waals surface area contributed by atoms with Gasteiger partial charge in [0, 0.05) is 22.5 Å². The zero-order valence-corrected chi connectivity index (χ0v) is 13.5. The van der Waals surface area contributed by atoms with Crippen molar-refractivity contribution in [3.05, 3.63) is 11.1 Å². The third-order valence-electron chi connectivity index (χ3n) is 3.99. The summed E-state index contributed by atoms with van der Waals surface area (Å²) in [6.07, 6.45) is 2.06. The minimum absolute atomic E-state index is 0.000418. The summed E-state index contributed by atoms with van der Waals surface area (Å²) < 4.78 is 0. The number of hydrogen-bond acceptors (Lipinski definition) is 4. The molecule has 2 rings (SSSR count). The summed E-state index contributed by atoms with van der Waals surface area (Å²) >= 11 is 1.49. The van der Waals surface area contributed by atoms with Gasteiger partial charge in [-0.15, -0.1) is 11.3 Å². The van der Waals surface area contributed by atoms with Crippen LogP contribution < -0.4 is 10.6 Å². The van der Waals surface area contributed by atoms with Crippen LogP contribution in [0.2, 0.25) is 0 Å². The highest BCUT2D eigenvalue weighted by atomic mass is 32.1. The Morgan fingerprint density at radius 2 is 2.15 bits per heavy atom. The number of nitrogens with zero attached hydrogens (tertiary/aromatic N) is 1. The molecule has 1 aliphatic carbocycles. The predicted molar refractivity (Wildman–Crippen MR) is 81.2 cm³/mol. The molecule has 2 amide bonds. The van der Waals surface area contributed by atoms with Crippen LogP contribution in [0.25, 0.3) is 0 Å². The van der Waals surface area contributed by atoms with E-state index in [1.807, 2.05) is 13.8 Å². The predicted octanol–water partition coefficient (Wildman–Crippen LogP) is 2.72. The van der Waals surface area contributed by atoms with E-state index < -0.39 is 0 Å². The van der Waals surface area contributed by atoms with Crippen LogP contribution in [0.3, 0.4) is 0 Å². The number of aromatic nitrogens is 1. The monoisotopic (exact) mass is 297 g/mol. The smallest absolute Gasteiger partial charge is 0.321 e. The van der Waals surface area contributed by atoms with Crippen molar-refractivity contribution in [1.82, 2.24) is 10.3 Å². The van der Waals surface area contributed by atoms with E-state index in [0.717, 1.165) is 4.88 Å². The van der Waals surface area contributed by atoms with Crippen LogP contribution in [0.15, 0.2) is 6.20 Å². The number of hydrogen-bond donors (Lipinski definition) is 3. The molecule has 1 aliphatic rings. The molecule has 1 aromatic rings. The molecule has 112 valence electrons. The molecule has 2 atom stereocenters. The molecule has 1 saturated carbocycles. The largest absolute Gasteiger partial charge is 0.392 e. The molecule has 1 heterocycles. The van der Waals surface area contributed by atoms with E-state index in [1.165, 1.54) is 11.3 Å². The number of aliphatic hydroxyl groups is 1. The molecule has 6 heteroatoms. The maximum Gasteiger partial charge on any atom is 0.321 e. The molecule has 0 saturated heterocycles. The molecule has 2 unspecified atom stereocenters. The summed E-state index contributed by atoms with van der Waals surface area (Å²) in [5.41, 5.74) is -0.231. The molecule has 0 radical (unpaired) electrons. The van der Waals surface area contributed by atoms with E-state index in [-0.39, 0.29) is 29.0 Å². The molecule has 0 aliphatic heterocycles. The third-order valence-corrected chi connectivity index (χ3v) is 5.33. The zero-order valence-electron chi connectivity index (χ0n) is 12.7. The van der Waals surface area contributed by atoms with Crippen LogP contribution in [0.1, 0.15) is 45.9 Å². The van der Waals surface area contributed by atoms with Gasteiger partial charge in [-0.3, -0.25) is 5.32 Å². The van der Waals surface area contributed by atoms with E-state index in [4.69, 9.17) is 0 Å². The topological polar surface area (TPSA) is 74.2 Å². The Bertz CT molecular complexity index is 505. The Labute approximate surface area is 123 Å². The molecule has 20 heavy (non-hydrogen) atoms. The van der Waals surface area contributed by atoms with Gasteiger partial charge in [-0.05, 0) is 11.8 Å². The lowest BCUT2D eigenvalue weighted by Gasteiger charge is -2.49. The van der Waals surface area contributed by atoms with Gasteiger partial charge in [0.25, 0.3) is 0 Å². The average molecular weight is 297 g/mol. The molecule has 1 fully saturated rings. The minimum Gasteiger partial charge on any atom is -0.392 e. The molecule has 5 nitrogen and oxygen atoms in total. The van der Waals surface area contributed by atoms with Crippen molar-refractivity contribution >= 4 is 22.5 Å². The van der Waals surface area contributed by atoms with Crippen molar-refractivity contribution in [3.63, 3.8) is 0 Å². The highest BCUT2D eigenvalue weighted by molar-refractivity contribution is 7.15. The lowest BCUT2D eigenvalue weighted by molar-refractivity contribution is -0.0673. The van der Waals surface area contributed by atoms with Gasteiger partial charge in [-0.25, -0.2) is 9.78 Å². The Kier molecular flexibility index (Phi) is 3.81. The van der Waals surface area contributed by atoms with E-state index in [0.29, 0.717) is 11.6 Å². The second-order valence-electron chi connectivity index (χ2n) is 7.00. The number of nitrogens with one attached hydrogen (secondary N) is 2. The van der Waals surface area contributed by atoms with E-state index in [1.54, 1.807) is 6.20 Å². The second kappa shape index (κ2) is 5.00. The first-order valence-corrected chi connectivity index (χ1v) is 7.64. The van der Waals surface area contributed by atoms with Crippen molar-refractivity contribution in [3.8, 4) is 0 Å². The number of anilines is 1. The van der Waals surface area contributed by atoms with Gasteiger partial charge in [0.2, 0.25) is 0 Å². The van der Waals surface area contributed by atoms with Crippen LogP contribution in [-0.2, 0) is 5.41 Å². The van der Waals surface area contributed by atoms with Crippen LogP contribution >= 0.6 is 11.3 Å². The standard InChI is InChI=1S/C14H23N3O2S/c1-13(2,3)10-7-15-12(20-10)17-11(19)16-8-6-9(18)14(8,4)5/h7-9,18H,6H2,1-5H3,(H2,15,16,17,19). The first kappa shape index (κ1) is 15.3. The fourth-order valence-electron chi connectivity index (χ4n) is 2.12. The highest BCUT2D eigenvalue weighted by Gasteiger charge is 2.48. The molecule has 0 spiro atoms. The van der Waals surface area contributed by atoms with Gasteiger partial charge in [-0.1, -0.05) is 34.6 Å². The first-order chi connectivity index (χ1) is 9.10. The van der Waals surface area contributed by atoms with Crippen molar-refractivity contribution in [2.24, 2.45) is 5.41 Å². The first-order valence-electron chi connectivity index (χ1n) is 6.82. The van der Waals surface area contributed by atoms with E-state index in [9.17, 15) is 9.90 Å². The van der Waals surface area contributed by atoms with Crippen molar-refractivity contribution < 1.29 is 9.90 Å². The van der Waals surface area contributed by atoms with Crippen molar-refractivity contribution in [2.75, 3.05) is 5.32 Å². The van der Waals surface area contributed by atoms with Crippen LogP contribution in [0, 0.1) is 5.41 Å². The highest BCUT2D eigenvalue weighted by Crippen LogP contribution is 2.40. The molecular weight excluding hydrogens is 274 g/mol. The third kappa shape index (κ3) is 2.96. The number of amides is 2. The van der Waals surface area contributed by atoms with Crippen LogP contribution in [-0.4, -0.2) is 28.3 Å². The summed E-state index contributed by atoms with van der Waals surface area (Å²) in [6.45, 7) is 10.2. The van der Waals surface area contributed by atoms with E-state index in [2.05, 4.69) is 36.4 Å². The number of urea groups is 1. The minimum atomic E-state index is -0.347. The molecule has 1 aromatic heterocycles. The Morgan fingerprint density at radius 1 is 1.50 bits per heavy atom. The van der Waals surface area contributed by atoms with Crippen LogP contribution in [0.5, 0.6) is 0 Å². The lowest BCUT2D eigenvalue weighted by Crippen LogP contribution is -2.61. The molecule has 0 bridgehead atoms. The van der Waals surface area contributed by atoms with Gasteiger partial charge >= 0.3 is 6.03 Å². The van der Waals surface area contributed by atoms with Crippen LogP contribution in [0.4, 0.5) is 9.93 Å². The summed E-state index contributed by atoms with van der Waals surface area (Å²) in [7, 11) is 0. The van der Waals surface area contributed by atoms with Gasteiger partial charge in [0.05, 0.1) is 6.10 Å². The summed E-state index contributed by atoms with van der Waals surface area (Å²) in [6, 6.07) is -0.260. The number of aliphatic hydroxyl groups excluding tert-OH is 1. The second-order valence-corrected chi connectivity index (χ2v) is 8.03.